The van der Waals surface area contributed by atoms with Crippen molar-refractivity contribution in [1.82, 2.24) is 30.3 Å². The van der Waals surface area contributed by atoms with Gasteiger partial charge in [-0.1, -0.05) is 12.5 Å². The highest BCUT2D eigenvalue weighted by Gasteiger charge is 2.24. The van der Waals surface area contributed by atoms with Crippen LogP contribution in [0.25, 0.3) is 0 Å². The first-order chi connectivity index (χ1) is 13.8. The number of likely N-dealkylation sites (tertiary alicyclic amines) is 1. The van der Waals surface area contributed by atoms with Gasteiger partial charge < -0.3 is 15.2 Å². The van der Waals surface area contributed by atoms with Gasteiger partial charge in [-0.3, -0.25) is 9.89 Å². The Labute approximate surface area is 171 Å². The Kier molecular flexibility index (Phi) is 6.59. The van der Waals surface area contributed by atoms with E-state index in [9.17, 15) is 0 Å². The van der Waals surface area contributed by atoms with Gasteiger partial charge in [0.05, 0.1) is 12.6 Å². The van der Waals surface area contributed by atoms with Gasteiger partial charge in [-0.15, -0.1) is 21.5 Å². The van der Waals surface area contributed by atoms with Crippen LogP contribution in [0, 0.1) is 0 Å². The molecule has 2 aliphatic heterocycles. The van der Waals surface area contributed by atoms with Crippen molar-refractivity contribution >= 4 is 17.3 Å². The van der Waals surface area contributed by atoms with Crippen LogP contribution in [0.1, 0.15) is 54.7 Å². The number of guanidine groups is 1. The molecule has 152 valence electrons. The average molecular weight is 402 g/mol. The van der Waals surface area contributed by atoms with Crippen molar-refractivity contribution in [3.05, 3.63) is 34.0 Å². The van der Waals surface area contributed by atoms with E-state index in [1.807, 2.05) is 18.4 Å². The van der Waals surface area contributed by atoms with Crippen LogP contribution in [0.3, 0.4) is 0 Å². The predicted molar refractivity (Wildman–Crippen MR) is 114 cm³/mol. The van der Waals surface area contributed by atoms with Gasteiger partial charge in [0.15, 0.2) is 11.8 Å². The highest BCUT2D eigenvalue weighted by molar-refractivity contribution is 7.10. The molecular formula is C20H31N7S. The van der Waals surface area contributed by atoms with E-state index >= 15 is 0 Å². The minimum Gasteiger partial charge on any atom is -0.354 e. The quantitative estimate of drug-likeness (QED) is 0.575. The van der Waals surface area contributed by atoms with Crippen molar-refractivity contribution in [2.24, 2.45) is 4.99 Å². The van der Waals surface area contributed by atoms with Gasteiger partial charge in [-0.05, 0) is 50.2 Å². The molecule has 0 amide bonds. The van der Waals surface area contributed by atoms with Gasteiger partial charge in [-0.25, -0.2) is 0 Å². The molecule has 0 spiro atoms. The predicted octanol–water partition coefficient (Wildman–Crippen LogP) is 2.57. The molecule has 0 radical (unpaired) electrons. The summed E-state index contributed by atoms with van der Waals surface area (Å²) in [5.41, 5.74) is 0. The van der Waals surface area contributed by atoms with E-state index in [1.54, 1.807) is 0 Å². The molecule has 1 unspecified atom stereocenters. The number of nitrogens with zero attached hydrogens (tertiary/aromatic N) is 5. The Bertz CT molecular complexity index is 762. The second kappa shape index (κ2) is 9.52. The molecule has 4 heterocycles. The maximum absolute atomic E-state index is 4.42. The minimum atomic E-state index is 0.408. The fraction of sp³-hybridized carbons (Fsp3) is 0.650. The summed E-state index contributed by atoms with van der Waals surface area (Å²) in [6, 6.07) is 4.80. The van der Waals surface area contributed by atoms with Crippen molar-refractivity contribution < 1.29 is 0 Å². The lowest BCUT2D eigenvalue weighted by atomic mass is 10.2. The number of nitrogens with one attached hydrogen (secondary N) is 2. The number of rotatable bonds is 6. The lowest BCUT2D eigenvalue weighted by Crippen LogP contribution is -2.42. The molecule has 1 fully saturated rings. The zero-order valence-electron chi connectivity index (χ0n) is 16.7. The molecule has 0 aliphatic carbocycles. The molecular weight excluding hydrogens is 370 g/mol. The molecule has 8 heteroatoms. The minimum absolute atomic E-state index is 0.408. The van der Waals surface area contributed by atoms with Gasteiger partial charge in [-0.2, -0.15) is 0 Å². The summed E-state index contributed by atoms with van der Waals surface area (Å²) in [5.74, 6) is 2.96. The molecule has 7 nitrogen and oxygen atoms in total. The van der Waals surface area contributed by atoms with Crippen molar-refractivity contribution in [2.75, 3.05) is 26.7 Å². The summed E-state index contributed by atoms with van der Waals surface area (Å²) in [7, 11) is 1.83. The first-order valence-corrected chi connectivity index (χ1v) is 11.4. The van der Waals surface area contributed by atoms with E-state index in [0.29, 0.717) is 12.6 Å². The van der Waals surface area contributed by atoms with Crippen LogP contribution in [-0.2, 0) is 19.5 Å². The fourth-order valence-corrected chi connectivity index (χ4v) is 5.06. The smallest absolute Gasteiger partial charge is 0.191 e. The Hall–Kier alpha value is -1.93. The number of hydrogen-bond acceptors (Lipinski definition) is 5. The summed E-state index contributed by atoms with van der Waals surface area (Å²) < 4.78 is 2.28. The van der Waals surface area contributed by atoms with E-state index in [4.69, 9.17) is 0 Å². The summed E-state index contributed by atoms with van der Waals surface area (Å²) in [4.78, 5) is 8.43. The molecule has 4 rings (SSSR count). The summed E-state index contributed by atoms with van der Waals surface area (Å²) in [6.45, 7) is 4.91. The molecule has 2 aliphatic rings. The molecule has 1 atom stereocenters. The van der Waals surface area contributed by atoms with Crippen LogP contribution in [-0.4, -0.2) is 52.3 Å². The Balaban J connectivity index is 1.35. The lowest BCUT2D eigenvalue weighted by molar-refractivity contribution is 0.249. The highest BCUT2D eigenvalue weighted by atomic mass is 32.1. The van der Waals surface area contributed by atoms with Gasteiger partial charge in [0.25, 0.3) is 0 Å². The number of fused-ring (bicyclic) bond motifs is 1. The number of thiophene rings is 1. The molecule has 2 N–H and O–H groups in total. The van der Waals surface area contributed by atoms with Crippen molar-refractivity contribution in [3.63, 3.8) is 0 Å². The third-order valence-corrected chi connectivity index (χ3v) is 6.71. The second-order valence-electron chi connectivity index (χ2n) is 7.58. The van der Waals surface area contributed by atoms with Crippen LogP contribution in [0.4, 0.5) is 0 Å². The van der Waals surface area contributed by atoms with E-state index < -0.39 is 0 Å². The molecule has 1 saturated heterocycles. The highest BCUT2D eigenvalue weighted by Crippen LogP contribution is 2.27. The summed E-state index contributed by atoms with van der Waals surface area (Å²) in [5, 5.41) is 17.9. The number of aliphatic imine (C=N–C) groups is 1. The van der Waals surface area contributed by atoms with Crippen molar-refractivity contribution in [3.8, 4) is 0 Å². The van der Waals surface area contributed by atoms with E-state index in [-0.39, 0.29) is 0 Å². The summed E-state index contributed by atoms with van der Waals surface area (Å²) >= 11 is 1.84. The first-order valence-electron chi connectivity index (χ1n) is 10.5. The largest absolute Gasteiger partial charge is 0.354 e. The summed E-state index contributed by atoms with van der Waals surface area (Å²) in [6.07, 6.45) is 7.34. The number of aromatic nitrogens is 3. The standard InChI is InChI=1S/C20H31N7S/c1-21-20(23-15-19-25-24-18-9-3-2-4-12-27(18)19)22-14-16(17-8-7-13-28-17)26-10-5-6-11-26/h7-8,13,16H,2-6,9-12,14-15H2,1H3,(H2,21,22,23). The van der Waals surface area contributed by atoms with Crippen LogP contribution in [0.15, 0.2) is 22.5 Å². The maximum Gasteiger partial charge on any atom is 0.191 e. The fourth-order valence-electron chi connectivity index (χ4n) is 4.20. The maximum atomic E-state index is 4.42. The zero-order valence-corrected chi connectivity index (χ0v) is 17.5. The third kappa shape index (κ3) is 4.55. The van der Waals surface area contributed by atoms with Gasteiger partial charge in [0.1, 0.15) is 5.82 Å². The lowest BCUT2D eigenvalue weighted by Gasteiger charge is -2.27. The van der Waals surface area contributed by atoms with E-state index in [2.05, 4.69) is 52.8 Å². The average Bonchev–Trinajstić information content (AvgIpc) is 3.46. The third-order valence-electron chi connectivity index (χ3n) is 5.74. The molecule has 0 saturated carbocycles. The van der Waals surface area contributed by atoms with Crippen LogP contribution < -0.4 is 10.6 Å². The molecule has 28 heavy (non-hydrogen) atoms. The van der Waals surface area contributed by atoms with E-state index in [1.165, 1.54) is 50.1 Å². The Morgan fingerprint density at radius 2 is 2.00 bits per heavy atom. The topological polar surface area (TPSA) is 70.4 Å². The van der Waals surface area contributed by atoms with Gasteiger partial charge in [0, 0.05) is 31.4 Å². The van der Waals surface area contributed by atoms with Crippen LogP contribution in [0.2, 0.25) is 0 Å². The second-order valence-corrected chi connectivity index (χ2v) is 8.55. The van der Waals surface area contributed by atoms with Crippen LogP contribution >= 0.6 is 11.3 Å². The zero-order chi connectivity index (χ0) is 19.2. The molecule has 2 aromatic rings. The number of aryl methyl sites for hydroxylation is 1. The van der Waals surface area contributed by atoms with Gasteiger partial charge in [0.2, 0.25) is 0 Å². The first kappa shape index (κ1) is 19.4. The van der Waals surface area contributed by atoms with Crippen molar-refractivity contribution in [2.45, 2.75) is 57.7 Å². The molecule has 2 aromatic heterocycles. The Morgan fingerprint density at radius 1 is 1.14 bits per heavy atom. The van der Waals surface area contributed by atoms with Crippen molar-refractivity contribution in [1.29, 1.82) is 0 Å². The Morgan fingerprint density at radius 3 is 2.79 bits per heavy atom. The monoisotopic (exact) mass is 401 g/mol. The van der Waals surface area contributed by atoms with E-state index in [0.717, 1.165) is 37.1 Å². The molecule has 0 aromatic carbocycles. The van der Waals surface area contributed by atoms with Crippen LogP contribution in [0.5, 0.6) is 0 Å². The molecule has 0 bridgehead atoms. The normalized spacial score (nSPS) is 19.2. The SMILES string of the molecule is CN=C(NCc1nnc2n1CCCCC2)NCC(c1cccs1)N1CCCC1. The van der Waals surface area contributed by atoms with Gasteiger partial charge >= 0.3 is 0 Å². The number of hydrogen-bond donors (Lipinski definition) is 2.